The molecule has 4 aromatic carbocycles. The number of benzene rings is 4. The van der Waals surface area contributed by atoms with E-state index in [1.165, 1.54) is 11.3 Å². The van der Waals surface area contributed by atoms with E-state index in [9.17, 15) is 4.79 Å². The number of rotatable bonds is 4. The third-order valence-electron chi connectivity index (χ3n) is 5.30. The summed E-state index contributed by atoms with van der Waals surface area (Å²) in [5.74, 6) is 0.136. The minimum Gasteiger partial charge on any atom is -0.495 e. The maximum absolute atomic E-state index is 12.8. The molecule has 5 aromatic rings. The summed E-state index contributed by atoms with van der Waals surface area (Å²) in [6.45, 7) is 0. The van der Waals surface area contributed by atoms with Crippen LogP contribution in [0, 0.1) is 0 Å². The SMILES string of the molecule is COc1ccc2c(Cl)c(C(=O)N/N=C/c3c4ccccc4cc4ccccc34)sc2c1Cl. The molecule has 0 aliphatic heterocycles. The van der Waals surface area contributed by atoms with Crippen LogP contribution in [-0.4, -0.2) is 19.2 Å². The maximum Gasteiger partial charge on any atom is 0.283 e. The van der Waals surface area contributed by atoms with E-state index < -0.39 is 5.91 Å². The van der Waals surface area contributed by atoms with Crippen LogP contribution in [0.2, 0.25) is 10.0 Å². The number of halogens is 2. The number of hydrazone groups is 1. The van der Waals surface area contributed by atoms with Crippen molar-refractivity contribution < 1.29 is 9.53 Å². The van der Waals surface area contributed by atoms with Crippen molar-refractivity contribution in [2.45, 2.75) is 0 Å². The number of nitrogens with zero attached hydrogens (tertiary/aromatic N) is 1. The molecule has 0 unspecified atom stereocenters. The van der Waals surface area contributed by atoms with Crippen LogP contribution in [0.3, 0.4) is 0 Å². The molecule has 0 saturated carbocycles. The first kappa shape index (κ1) is 20.8. The predicted molar refractivity (Wildman–Crippen MR) is 135 cm³/mol. The molecule has 1 amide bonds. The number of carbonyl (C=O) groups is 1. The lowest BCUT2D eigenvalue weighted by atomic mass is 9.97. The standard InChI is InChI=1S/C25H16Cl2N2O2S/c1-31-20-11-10-18-21(26)24(32-23(18)22(20)27)25(30)29-28-13-19-16-8-4-2-6-14(16)12-15-7-3-5-9-17(15)19/h2-13H,1H3,(H,29,30)/b28-13+. The fourth-order valence-electron chi connectivity index (χ4n) is 3.78. The van der Waals surface area contributed by atoms with E-state index in [0.29, 0.717) is 30.8 Å². The number of carbonyl (C=O) groups excluding carboxylic acids is 1. The highest BCUT2D eigenvalue weighted by molar-refractivity contribution is 7.22. The molecule has 5 rings (SSSR count). The lowest BCUT2D eigenvalue weighted by Crippen LogP contribution is -2.16. The van der Waals surface area contributed by atoms with Crippen molar-refractivity contribution in [3.63, 3.8) is 0 Å². The monoisotopic (exact) mass is 478 g/mol. The van der Waals surface area contributed by atoms with Crippen LogP contribution in [0.5, 0.6) is 5.75 Å². The molecule has 0 saturated heterocycles. The van der Waals surface area contributed by atoms with Gasteiger partial charge in [0, 0.05) is 10.9 Å². The van der Waals surface area contributed by atoms with Crippen LogP contribution >= 0.6 is 34.5 Å². The Morgan fingerprint density at radius 2 is 1.59 bits per heavy atom. The van der Waals surface area contributed by atoms with Crippen LogP contribution in [0.1, 0.15) is 15.2 Å². The van der Waals surface area contributed by atoms with E-state index >= 15 is 0 Å². The molecule has 0 atom stereocenters. The maximum atomic E-state index is 12.8. The zero-order chi connectivity index (χ0) is 22.2. The smallest absolute Gasteiger partial charge is 0.283 e. The molecular formula is C25H16Cl2N2O2S. The highest BCUT2D eigenvalue weighted by Gasteiger charge is 2.20. The summed E-state index contributed by atoms with van der Waals surface area (Å²) in [7, 11) is 1.54. The van der Waals surface area contributed by atoms with Crippen LogP contribution in [0.4, 0.5) is 0 Å². The van der Waals surface area contributed by atoms with Crippen molar-refractivity contribution in [3.8, 4) is 5.75 Å². The Hall–Kier alpha value is -3.12. The van der Waals surface area contributed by atoms with Crippen molar-refractivity contribution in [3.05, 3.63) is 87.2 Å². The summed E-state index contributed by atoms with van der Waals surface area (Å²) in [6.07, 6.45) is 1.68. The molecule has 0 spiro atoms. The third-order valence-corrected chi connectivity index (χ3v) is 7.51. The van der Waals surface area contributed by atoms with Gasteiger partial charge in [0.2, 0.25) is 0 Å². The first-order valence-corrected chi connectivity index (χ1v) is 11.3. The molecule has 4 nitrogen and oxygen atoms in total. The second kappa shape index (κ2) is 8.43. The predicted octanol–water partition coefficient (Wildman–Crippen LogP) is 7.29. The molecule has 0 radical (unpaired) electrons. The van der Waals surface area contributed by atoms with Crippen molar-refractivity contribution in [2.75, 3.05) is 7.11 Å². The first-order chi connectivity index (χ1) is 15.6. The summed E-state index contributed by atoms with van der Waals surface area (Å²) in [5.41, 5.74) is 3.55. The Kier molecular flexibility index (Phi) is 5.47. The van der Waals surface area contributed by atoms with Gasteiger partial charge in [-0.2, -0.15) is 5.10 Å². The Balaban J connectivity index is 1.51. The molecule has 0 aliphatic rings. The molecule has 7 heteroatoms. The van der Waals surface area contributed by atoms with Crippen LogP contribution in [0.15, 0.2) is 71.8 Å². The van der Waals surface area contributed by atoms with Gasteiger partial charge in [0.15, 0.2) is 0 Å². The first-order valence-electron chi connectivity index (χ1n) is 9.77. The summed E-state index contributed by atoms with van der Waals surface area (Å²) >= 11 is 14.1. The number of hydrogen-bond donors (Lipinski definition) is 1. The number of ether oxygens (including phenoxy) is 1. The highest BCUT2D eigenvalue weighted by atomic mass is 35.5. The average Bonchev–Trinajstić information content (AvgIpc) is 3.16. The van der Waals surface area contributed by atoms with Gasteiger partial charge < -0.3 is 4.74 Å². The van der Waals surface area contributed by atoms with Gasteiger partial charge >= 0.3 is 0 Å². The molecular weight excluding hydrogens is 463 g/mol. The van der Waals surface area contributed by atoms with E-state index in [4.69, 9.17) is 27.9 Å². The van der Waals surface area contributed by atoms with Crippen LogP contribution in [0.25, 0.3) is 31.6 Å². The fourth-order valence-corrected chi connectivity index (χ4v) is 5.56. The number of fused-ring (bicyclic) bond motifs is 3. The second-order valence-corrected chi connectivity index (χ2v) is 8.91. The van der Waals surface area contributed by atoms with Crippen molar-refractivity contribution in [1.82, 2.24) is 5.43 Å². The van der Waals surface area contributed by atoms with E-state index in [1.54, 1.807) is 25.5 Å². The molecule has 0 bridgehead atoms. The van der Waals surface area contributed by atoms with E-state index in [2.05, 4.69) is 28.7 Å². The lowest BCUT2D eigenvalue weighted by Gasteiger charge is -2.07. The summed E-state index contributed by atoms with van der Waals surface area (Å²) < 4.78 is 5.95. The second-order valence-electron chi connectivity index (χ2n) is 7.14. The zero-order valence-corrected chi connectivity index (χ0v) is 19.2. The molecule has 1 aromatic heterocycles. The highest BCUT2D eigenvalue weighted by Crippen LogP contribution is 2.42. The summed E-state index contributed by atoms with van der Waals surface area (Å²) in [4.78, 5) is 13.2. The minimum absolute atomic E-state index is 0.344. The number of amides is 1. The van der Waals surface area contributed by atoms with E-state index in [1.807, 2.05) is 36.4 Å². The quantitative estimate of drug-likeness (QED) is 0.167. The van der Waals surface area contributed by atoms with Gasteiger partial charge in [-0.25, -0.2) is 5.43 Å². The third kappa shape index (κ3) is 3.48. The molecule has 32 heavy (non-hydrogen) atoms. The molecule has 1 heterocycles. The number of hydrogen-bond acceptors (Lipinski definition) is 4. The van der Waals surface area contributed by atoms with Gasteiger partial charge in [-0.15, -0.1) is 11.3 Å². The molecule has 0 aliphatic carbocycles. The number of nitrogens with one attached hydrogen (secondary N) is 1. The Bertz CT molecular complexity index is 1490. The topological polar surface area (TPSA) is 50.7 Å². The van der Waals surface area contributed by atoms with Crippen molar-refractivity contribution in [2.24, 2.45) is 5.10 Å². The van der Waals surface area contributed by atoms with E-state index in [0.717, 1.165) is 27.1 Å². The van der Waals surface area contributed by atoms with Crippen molar-refractivity contribution in [1.29, 1.82) is 0 Å². The van der Waals surface area contributed by atoms with Gasteiger partial charge in [0.25, 0.3) is 5.91 Å². The fraction of sp³-hybridized carbons (Fsp3) is 0.0400. The minimum atomic E-state index is -0.396. The summed E-state index contributed by atoms with van der Waals surface area (Å²) in [5, 5.41) is 10.1. The Morgan fingerprint density at radius 1 is 0.938 bits per heavy atom. The average molecular weight is 479 g/mol. The number of thiophene rings is 1. The molecule has 158 valence electrons. The molecule has 0 fully saturated rings. The lowest BCUT2D eigenvalue weighted by molar-refractivity contribution is 0.0959. The van der Waals surface area contributed by atoms with Gasteiger partial charge in [0.05, 0.1) is 23.0 Å². The van der Waals surface area contributed by atoms with Crippen LogP contribution < -0.4 is 10.2 Å². The van der Waals surface area contributed by atoms with Crippen molar-refractivity contribution >= 4 is 78.3 Å². The molecule has 1 N–H and O–H groups in total. The largest absolute Gasteiger partial charge is 0.495 e. The zero-order valence-electron chi connectivity index (χ0n) is 16.9. The van der Waals surface area contributed by atoms with Gasteiger partial charge in [-0.3, -0.25) is 4.79 Å². The van der Waals surface area contributed by atoms with Crippen LogP contribution in [-0.2, 0) is 0 Å². The summed E-state index contributed by atoms with van der Waals surface area (Å²) in [6, 6.07) is 21.9. The normalized spacial score (nSPS) is 11.6. The van der Waals surface area contributed by atoms with Gasteiger partial charge in [-0.1, -0.05) is 71.7 Å². The van der Waals surface area contributed by atoms with Gasteiger partial charge in [0.1, 0.15) is 15.6 Å². The Morgan fingerprint density at radius 3 is 2.25 bits per heavy atom. The Labute approximate surface area is 198 Å². The van der Waals surface area contributed by atoms with E-state index in [-0.39, 0.29) is 0 Å². The number of methoxy groups -OCH3 is 1. The van der Waals surface area contributed by atoms with Gasteiger partial charge in [-0.05, 0) is 39.7 Å².